The summed E-state index contributed by atoms with van der Waals surface area (Å²) < 4.78 is 0. The van der Waals surface area contributed by atoms with E-state index in [1.54, 1.807) is 0 Å². The molecule has 116 valence electrons. The first-order chi connectivity index (χ1) is 11.8. The first kappa shape index (κ1) is 14.6. The Kier molecular flexibility index (Phi) is 3.62. The van der Waals surface area contributed by atoms with Gasteiger partial charge in [-0.3, -0.25) is 4.79 Å². The van der Waals surface area contributed by atoms with Crippen molar-refractivity contribution >= 4 is 27.3 Å². The summed E-state index contributed by atoms with van der Waals surface area (Å²) in [7, 11) is 0. The molecule has 4 aromatic carbocycles. The fourth-order valence-corrected chi connectivity index (χ4v) is 3.42. The Morgan fingerprint density at radius 1 is 0.750 bits per heavy atom. The van der Waals surface area contributed by atoms with E-state index in [1.807, 2.05) is 60.7 Å². The van der Waals surface area contributed by atoms with Crippen LogP contribution in [0.3, 0.4) is 0 Å². The fraction of sp³-hybridized carbons (Fsp3) is 0.0870. The molecule has 0 saturated heterocycles. The number of hydrogen-bond acceptors (Lipinski definition) is 1. The fourth-order valence-electron chi connectivity index (χ4n) is 3.42. The molecule has 0 atom stereocenters. The average Bonchev–Trinajstić information content (AvgIpc) is 2.66. The minimum absolute atomic E-state index is 0.100. The smallest absolute Gasteiger partial charge is 0.193 e. The second-order valence-corrected chi connectivity index (χ2v) is 6.06. The minimum atomic E-state index is 0.100. The highest BCUT2D eigenvalue weighted by molar-refractivity contribution is 6.13. The third kappa shape index (κ3) is 2.39. The van der Waals surface area contributed by atoms with Gasteiger partial charge in [-0.15, -0.1) is 0 Å². The van der Waals surface area contributed by atoms with Crippen molar-refractivity contribution in [1.82, 2.24) is 0 Å². The number of benzene rings is 4. The molecule has 0 saturated carbocycles. The van der Waals surface area contributed by atoms with E-state index in [2.05, 4.69) is 25.1 Å². The standard InChI is InChI=1S/C23H18O/c1-2-20-21-10-6-5-8-17(21)13-14-22(20)23(24)19-12-11-16-7-3-4-9-18(16)15-19/h3-15H,2H2,1H3. The van der Waals surface area contributed by atoms with Gasteiger partial charge in [-0.2, -0.15) is 0 Å². The Morgan fingerprint density at radius 3 is 2.21 bits per heavy atom. The Balaban J connectivity index is 1.87. The summed E-state index contributed by atoms with van der Waals surface area (Å²) in [5.74, 6) is 0.100. The van der Waals surface area contributed by atoms with E-state index in [4.69, 9.17) is 0 Å². The normalized spacial score (nSPS) is 11.0. The van der Waals surface area contributed by atoms with Gasteiger partial charge in [0.05, 0.1) is 0 Å². The molecular formula is C23H18O. The molecule has 0 amide bonds. The molecule has 0 heterocycles. The van der Waals surface area contributed by atoms with E-state index >= 15 is 0 Å². The van der Waals surface area contributed by atoms with Gasteiger partial charge in [0.1, 0.15) is 0 Å². The molecule has 4 rings (SSSR count). The number of carbonyl (C=O) groups excluding carboxylic acids is 1. The second kappa shape index (κ2) is 5.93. The van der Waals surface area contributed by atoms with Crippen LogP contribution in [0.1, 0.15) is 28.4 Å². The van der Waals surface area contributed by atoms with Gasteiger partial charge < -0.3 is 0 Å². The van der Waals surface area contributed by atoms with Gasteiger partial charge in [0.25, 0.3) is 0 Å². The largest absolute Gasteiger partial charge is 0.289 e. The zero-order valence-corrected chi connectivity index (χ0v) is 13.6. The third-order valence-electron chi connectivity index (χ3n) is 4.65. The van der Waals surface area contributed by atoms with Crippen molar-refractivity contribution in [2.75, 3.05) is 0 Å². The molecular weight excluding hydrogens is 292 g/mol. The van der Waals surface area contributed by atoms with Gasteiger partial charge in [-0.05, 0) is 39.6 Å². The molecule has 0 bridgehead atoms. The maximum absolute atomic E-state index is 13.1. The highest BCUT2D eigenvalue weighted by Gasteiger charge is 2.15. The number of fused-ring (bicyclic) bond motifs is 2. The molecule has 1 nitrogen and oxygen atoms in total. The summed E-state index contributed by atoms with van der Waals surface area (Å²) >= 11 is 0. The third-order valence-corrected chi connectivity index (χ3v) is 4.65. The van der Waals surface area contributed by atoms with Gasteiger partial charge in [0.2, 0.25) is 0 Å². The van der Waals surface area contributed by atoms with E-state index in [0.29, 0.717) is 0 Å². The lowest BCUT2D eigenvalue weighted by atomic mass is 9.91. The molecule has 0 N–H and O–H groups in total. The number of ketones is 1. The van der Waals surface area contributed by atoms with E-state index in [9.17, 15) is 4.79 Å². The number of carbonyl (C=O) groups is 1. The highest BCUT2D eigenvalue weighted by atomic mass is 16.1. The highest BCUT2D eigenvalue weighted by Crippen LogP contribution is 2.26. The topological polar surface area (TPSA) is 17.1 Å². The van der Waals surface area contributed by atoms with Crippen LogP contribution in [0, 0.1) is 0 Å². The first-order valence-electron chi connectivity index (χ1n) is 8.32. The summed E-state index contributed by atoms with van der Waals surface area (Å²) in [5.41, 5.74) is 2.69. The summed E-state index contributed by atoms with van der Waals surface area (Å²) in [6, 6.07) is 26.4. The SMILES string of the molecule is CCc1c(C(=O)c2ccc3ccccc3c2)ccc2ccccc12. The van der Waals surface area contributed by atoms with Crippen LogP contribution in [0.5, 0.6) is 0 Å². The van der Waals surface area contributed by atoms with Crippen LogP contribution in [0.15, 0.2) is 78.9 Å². The maximum Gasteiger partial charge on any atom is 0.193 e. The van der Waals surface area contributed by atoms with Crippen molar-refractivity contribution < 1.29 is 4.79 Å². The molecule has 1 heteroatoms. The Labute approximate surface area is 141 Å². The Bertz CT molecular complexity index is 1060. The van der Waals surface area contributed by atoms with Gasteiger partial charge >= 0.3 is 0 Å². The number of rotatable bonds is 3. The summed E-state index contributed by atoms with van der Waals surface area (Å²) in [6.45, 7) is 2.11. The van der Waals surface area contributed by atoms with Crippen molar-refractivity contribution in [2.24, 2.45) is 0 Å². The average molecular weight is 310 g/mol. The zero-order valence-electron chi connectivity index (χ0n) is 13.6. The van der Waals surface area contributed by atoms with Gasteiger partial charge in [0.15, 0.2) is 5.78 Å². The van der Waals surface area contributed by atoms with Crippen LogP contribution >= 0.6 is 0 Å². The molecule has 0 aliphatic heterocycles. The summed E-state index contributed by atoms with van der Waals surface area (Å²) in [4.78, 5) is 13.1. The van der Waals surface area contributed by atoms with Crippen LogP contribution in [0.25, 0.3) is 21.5 Å². The van der Waals surface area contributed by atoms with Crippen LogP contribution in [0.2, 0.25) is 0 Å². The summed E-state index contributed by atoms with van der Waals surface area (Å²) in [5, 5.41) is 4.61. The number of aryl methyl sites for hydroxylation is 1. The van der Waals surface area contributed by atoms with Crippen molar-refractivity contribution in [3.63, 3.8) is 0 Å². The molecule has 0 aliphatic carbocycles. The van der Waals surface area contributed by atoms with Crippen molar-refractivity contribution in [2.45, 2.75) is 13.3 Å². The van der Waals surface area contributed by atoms with E-state index in [1.165, 1.54) is 10.8 Å². The predicted molar refractivity (Wildman–Crippen MR) is 101 cm³/mol. The molecule has 4 aromatic rings. The lowest BCUT2D eigenvalue weighted by Gasteiger charge is -2.11. The van der Waals surface area contributed by atoms with Crippen LogP contribution in [0.4, 0.5) is 0 Å². The van der Waals surface area contributed by atoms with Gasteiger partial charge in [-0.25, -0.2) is 0 Å². The van der Waals surface area contributed by atoms with Crippen molar-refractivity contribution in [1.29, 1.82) is 0 Å². The molecule has 0 radical (unpaired) electrons. The van der Waals surface area contributed by atoms with Gasteiger partial charge in [-0.1, -0.05) is 79.7 Å². The van der Waals surface area contributed by atoms with Crippen LogP contribution < -0.4 is 0 Å². The van der Waals surface area contributed by atoms with Crippen molar-refractivity contribution in [3.05, 3.63) is 95.6 Å². The van der Waals surface area contributed by atoms with Crippen LogP contribution in [-0.4, -0.2) is 5.78 Å². The quantitative estimate of drug-likeness (QED) is 0.438. The first-order valence-corrected chi connectivity index (χ1v) is 8.32. The monoisotopic (exact) mass is 310 g/mol. The van der Waals surface area contributed by atoms with E-state index in [-0.39, 0.29) is 5.78 Å². The molecule has 24 heavy (non-hydrogen) atoms. The van der Waals surface area contributed by atoms with E-state index in [0.717, 1.165) is 33.9 Å². The van der Waals surface area contributed by atoms with Crippen LogP contribution in [-0.2, 0) is 6.42 Å². The maximum atomic E-state index is 13.1. The van der Waals surface area contributed by atoms with Crippen molar-refractivity contribution in [3.8, 4) is 0 Å². The molecule has 0 unspecified atom stereocenters. The number of hydrogen-bond donors (Lipinski definition) is 0. The van der Waals surface area contributed by atoms with Gasteiger partial charge in [0, 0.05) is 11.1 Å². The molecule has 0 spiro atoms. The molecule has 0 aliphatic rings. The van der Waals surface area contributed by atoms with E-state index < -0.39 is 0 Å². The lowest BCUT2D eigenvalue weighted by Crippen LogP contribution is -2.05. The molecule has 0 fully saturated rings. The zero-order chi connectivity index (χ0) is 16.5. The summed E-state index contributed by atoms with van der Waals surface area (Å²) in [6.07, 6.45) is 0.843. The lowest BCUT2D eigenvalue weighted by molar-refractivity contribution is 0.103. The minimum Gasteiger partial charge on any atom is -0.289 e. The molecule has 0 aromatic heterocycles. The Hall–Kier alpha value is -2.93. The second-order valence-electron chi connectivity index (χ2n) is 6.06. The predicted octanol–water partition coefficient (Wildman–Crippen LogP) is 5.79. The Morgan fingerprint density at radius 2 is 1.42 bits per heavy atom.